The van der Waals surface area contributed by atoms with Crippen LogP contribution in [-0.2, 0) is 20.0 Å². The molecule has 0 unspecified atom stereocenters. The molecule has 2 fully saturated rings. The van der Waals surface area contributed by atoms with Gasteiger partial charge in [-0.15, -0.1) is 0 Å². The molecule has 0 amide bonds. The lowest BCUT2D eigenvalue weighted by Gasteiger charge is -2.08. The third kappa shape index (κ3) is 4.00. The van der Waals surface area contributed by atoms with Gasteiger partial charge in [0.2, 0.25) is 20.0 Å². The van der Waals surface area contributed by atoms with Crippen molar-refractivity contribution < 1.29 is 22.0 Å². The van der Waals surface area contributed by atoms with Crippen LogP contribution in [0.4, 0.5) is 0 Å². The van der Waals surface area contributed by atoms with E-state index < -0.39 is 20.0 Å². The van der Waals surface area contributed by atoms with Crippen LogP contribution in [0.1, 0.15) is 36.8 Å². The van der Waals surface area contributed by atoms with Gasteiger partial charge in [0.25, 0.3) is 0 Å². The summed E-state index contributed by atoms with van der Waals surface area (Å²) in [5, 5.41) is 13.0. The molecule has 164 valence electrons. The predicted molar refractivity (Wildman–Crippen MR) is 115 cm³/mol. The first-order valence-electron chi connectivity index (χ1n) is 10.3. The van der Waals surface area contributed by atoms with Crippen molar-refractivity contribution in [1.29, 1.82) is 0 Å². The van der Waals surface area contributed by atoms with Crippen LogP contribution in [-0.4, -0.2) is 40.8 Å². The lowest BCUT2D eigenvalue weighted by molar-refractivity contribution is 0.320. The monoisotopic (exact) mass is 461 g/mol. The molecule has 0 aromatic heterocycles. The molecule has 2 aromatic carbocycles. The maximum atomic E-state index is 12.6. The van der Waals surface area contributed by atoms with Gasteiger partial charge in [-0.25, -0.2) is 26.3 Å². The molecule has 0 heterocycles. The van der Waals surface area contributed by atoms with Gasteiger partial charge in [-0.2, -0.15) is 0 Å². The van der Waals surface area contributed by atoms with E-state index in [2.05, 4.69) is 14.6 Å². The zero-order chi connectivity index (χ0) is 21.8. The minimum atomic E-state index is -3.69. The van der Waals surface area contributed by atoms with Crippen LogP contribution >= 0.6 is 0 Å². The Kier molecular flexibility index (Phi) is 4.93. The Labute approximate surface area is 181 Å². The molecule has 0 atom stereocenters. The summed E-state index contributed by atoms with van der Waals surface area (Å²) in [5.74, 6) is 0.800. The third-order valence-corrected chi connectivity index (χ3v) is 8.86. The molecule has 0 radical (unpaired) electrons. The van der Waals surface area contributed by atoms with Crippen LogP contribution < -0.4 is 9.44 Å². The van der Waals surface area contributed by atoms with Crippen LogP contribution in [0.25, 0.3) is 11.1 Å². The van der Waals surface area contributed by atoms with Crippen molar-refractivity contribution >= 4 is 25.8 Å². The molecule has 3 aliphatic carbocycles. The summed E-state index contributed by atoms with van der Waals surface area (Å²) in [6, 6.07) is 9.30. The number of nitrogens with one attached hydrogen (secondary N) is 2. The molecule has 3 aliphatic rings. The van der Waals surface area contributed by atoms with Gasteiger partial charge in [0, 0.05) is 24.2 Å². The number of nitrogens with zero attached hydrogens (tertiary/aromatic N) is 1. The summed E-state index contributed by atoms with van der Waals surface area (Å²) < 4.78 is 55.8. The number of hydrogen-bond acceptors (Lipinski definition) is 6. The molecule has 3 N–H and O–H groups in total. The number of benzene rings is 2. The fourth-order valence-corrected chi connectivity index (χ4v) is 6.05. The normalized spacial score (nSPS) is 18.0. The van der Waals surface area contributed by atoms with Gasteiger partial charge in [-0.3, -0.25) is 0 Å². The minimum Gasteiger partial charge on any atom is -0.410 e. The van der Waals surface area contributed by atoms with Crippen molar-refractivity contribution in [2.45, 2.75) is 35.5 Å². The number of fused-ring (bicyclic) bond motifs is 3. The largest absolute Gasteiger partial charge is 0.410 e. The average molecular weight is 462 g/mol. The highest BCUT2D eigenvalue weighted by atomic mass is 32.2. The fraction of sp³-hybridized carbons (Fsp3) is 0.381. The standard InChI is InChI=1S/C21H23N3O5S2/c25-24-21-19-9-15(30(26,27)22-11-13-1-2-13)5-7-17(19)18-8-6-16(10-20(18)21)31(28,29)23-12-14-3-4-14/h5-10,13-14,22-23,25H,1-4,11-12H2. The first kappa shape index (κ1) is 20.6. The van der Waals surface area contributed by atoms with Crippen molar-refractivity contribution in [3.63, 3.8) is 0 Å². The Morgan fingerprint density at radius 1 is 0.742 bits per heavy atom. The van der Waals surface area contributed by atoms with E-state index in [0.29, 0.717) is 47.2 Å². The first-order chi connectivity index (χ1) is 14.8. The minimum absolute atomic E-state index is 0.0831. The van der Waals surface area contributed by atoms with Gasteiger partial charge in [-0.05, 0) is 72.9 Å². The van der Waals surface area contributed by atoms with Crippen LogP contribution in [0.5, 0.6) is 0 Å². The lowest BCUT2D eigenvalue weighted by atomic mass is 10.1. The molecule has 0 aliphatic heterocycles. The van der Waals surface area contributed by atoms with Gasteiger partial charge < -0.3 is 5.21 Å². The Hall–Kier alpha value is -2.27. The maximum absolute atomic E-state index is 12.6. The fourth-order valence-electron chi connectivity index (χ4n) is 3.76. The first-order valence-corrected chi connectivity index (χ1v) is 13.3. The van der Waals surface area contributed by atoms with E-state index in [9.17, 15) is 22.0 Å². The van der Waals surface area contributed by atoms with Gasteiger partial charge >= 0.3 is 0 Å². The second kappa shape index (κ2) is 7.40. The molecule has 0 bridgehead atoms. The smallest absolute Gasteiger partial charge is 0.240 e. The van der Waals surface area contributed by atoms with Gasteiger partial charge in [0.15, 0.2) is 0 Å². The van der Waals surface area contributed by atoms with E-state index in [1.165, 1.54) is 24.3 Å². The van der Waals surface area contributed by atoms with Gasteiger partial charge in [-0.1, -0.05) is 17.3 Å². The molecule has 2 saturated carbocycles. The predicted octanol–water partition coefficient (Wildman–Crippen LogP) is 2.27. The van der Waals surface area contributed by atoms with E-state index in [1.54, 1.807) is 12.1 Å². The van der Waals surface area contributed by atoms with Crippen molar-refractivity contribution in [3.8, 4) is 11.1 Å². The number of oxime groups is 1. The molecule has 10 heteroatoms. The molecule has 8 nitrogen and oxygen atoms in total. The number of rotatable bonds is 8. The van der Waals surface area contributed by atoms with Crippen LogP contribution in [0.2, 0.25) is 0 Å². The van der Waals surface area contributed by atoms with E-state index in [0.717, 1.165) is 25.7 Å². The van der Waals surface area contributed by atoms with Gasteiger partial charge in [0.05, 0.1) is 9.79 Å². The van der Waals surface area contributed by atoms with Crippen LogP contribution in [0.15, 0.2) is 51.3 Å². The second-order valence-corrected chi connectivity index (χ2v) is 12.0. The van der Waals surface area contributed by atoms with Gasteiger partial charge in [0.1, 0.15) is 5.71 Å². The van der Waals surface area contributed by atoms with Crippen molar-refractivity contribution in [3.05, 3.63) is 47.5 Å². The van der Waals surface area contributed by atoms with Crippen molar-refractivity contribution in [2.75, 3.05) is 13.1 Å². The highest BCUT2D eigenvalue weighted by Gasteiger charge is 2.31. The molecule has 2 aromatic rings. The molecule has 0 saturated heterocycles. The van der Waals surface area contributed by atoms with Crippen molar-refractivity contribution in [2.24, 2.45) is 17.0 Å². The zero-order valence-electron chi connectivity index (χ0n) is 16.7. The van der Waals surface area contributed by atoms with E-state index in [1.807, 2.05) is 0 Å². The molecule has 0 spiro atoms. The van der Waals surface area contributed by atoms with Crippen molar-refractivity contribution in [1.82, 2.24) is 9.44 Å². The Balaban J connectivity index is 1.48. The third-order valence-electron chi connectivity index (χ3n) is 6.02. The van der Waals surface area contributed by atoms with E-state index in [-0.39, 0.29) is 15.5 Å². The lowest BCUT2D eigenvalue weighted by Crippen LogP contribution is -2.26. The maximum Gasteiger partial charge on any atom is 0.240 e. The molecular weight excluding hydrogens is 438 g/mol. The number of sulfonamides is 2. The summed E-state index contributed by atoms with van der Waals surface area (Å²) >= 11 is 0. The highest BCUT2D eigenvalue weighted by Crippen LogP contribution is 2.39. The summed E-state index contributed by atoms with van der Waals surface area (Å²) in [6.45, 7) is 0.825. The van der Waals surface area contributed by atoms with E-state index >= 15 is 0 Å². The van der Waals surface area contributed by atoms with E-state index in [4.69, 9.17) is 0 Å². The molecule has 31 heavy (non-hydrogen) atoms. The average Bonchev–Trinajstić information content (AvgIpc) is 3.67. The Morgan fingerprint density at radius 2 is 1.16 bits per heavy atom. The summed E-state index contributed by atoms with van der Waals surface area (Å²) in [6.07, 6.45) is 4.13. The summed E-state index contributed by atoms with van der Waals surface area (Å²) in [4.78, 5) is 0.166. The Morgan fingerprint density at radius 3 is 1.52 bits per heavy atom. The summed E-state index contributed by atoms with van der Waals surface area (Å²) in [7, 11) is -7.38. The van der Waals surface area contributed by atoms with Crippen LogP contribution in [0.3, 0.4) is 0 Å². The second-order valence-electron chi connectivity index (χ2n) is 8.45. The summed E-state index contributed by atoms with van der Waals surface area (Å²) in [5.41, 5.74) is 2.45. The number of hydrogen-bond donors (Lipinski definition) is 3. The van der Waals surface area contributed by atoms with Crippen LogP contribution in [0, 0.1) is 11.8 Å². The quantitative estimate of drug-likeness (QED) is 0.351. The Bertz CT molecular complexity index is 1200. The SMILES string of the molecule is O=S(=O)(NCC1CC1)c1ccc2c(c1)C(=NO)c1cc(S(=O)(=O)NCC3CC3)ccc1-2. The zero-order valence-corrected chi connectivity index (χ0v) is 18.3. The topological polar surface area (TPSA) is 125 Å². The highest BCUT2D eigenvalue weighted by molar-refractivity contribution is 7.89. The molecular formula is C21H23N3O5S2. The molecule has 5 rings (SSSR count).